The smallest absolute Gasteiger partial charge is 1.00 e. The summed E-state index contributed by atoms with van der Waals surface area (Å²) in [5, 5.41) is 7.38. The molecular weight excluding hydrogens is 638 g/mol. The Labute approximate surface area is 282 Å². The Morgan fingerprint density at radius 1 is 0.467 bits per heavy atom. The van der Waals surface area contributed by atoms with Crippen LogP contribution in [0.5, 0.6) is 0 Å². The Kier molecular flexibility index (Phi) is 8.13. The van der Waals surface area contributed by atoms with E-state index in [2.05, 4.69) is 137 Å². The molecule has 0 spiro atoms. The average molecular weight is 662 g/mol. The first-order chi connectivity index (χ1) is 20.7. The summed E-state index contributed by atoms with van der Waals surface area (Å²) in [6.45, 7) is 0. The molecule has 7 aromatic rings. The van der Waals surface area contributed by atoms with E-state index in [0.717, 1.165) is 56.0 Å². The van der Waals surface area contributed by atoms with Crippen molar-refractivity contribution >= 4 is 78.7 Å². The Morgan fingerprint density at radius 3 is 1.82 bits per heavy atom. The standard InChI is InChI=1S/C38H24N4.2ClH.Mn/c1-2-5-25-19-34-26(18-24(25)4-1)9-8-23-6-3-7-33(37(23)34)38-35-16-14-31(41-35)21-29-12-10-27(39-29)20-28-11-13-30(40-28)22-32-15-17-36(38)42-32;;;/h1-22,39,42H;2*1H;/q;;;+2/p-2. The Balaban J connectivity index is 0.00000119. The quantitative estimate of drug-likeness (QED) is 0.160. The second-order valence-electron chi connectivity index (χ2n) is 10.9. The summed E-state index contributed by atoms with van der Waals surface area (Å²) < 4.78 is 0. The molecule has 0 saturated carbocycles. The molecule has 217 valence electrons. The van der Waals surface area contributed by atoms with Crippen LogP contribution in [0.25, 0.3) is 89.8 Å². The molecular formula is C38H24Cl2MnN4. The first kappa shape index (κ1) is 30.4. The number of aromatic nitrogens is 4. The summed E-state index contributed by atoms with van der Waals surface area (Å²) in [5.74, 6) is 0. The minimum atomic E-state index is 0. The summed E-state index contributed by atoms with van der Waals surface area (Å²) in [4.78, 5) is 17.1. The van der Waals surface area contributed by atoms with Crippen molar-refractivity contribution in [3.05, 3.63) is 132 Å². The van der Waals surface area contributed by atoms with Crippen LogP contribution in [0, 0.1) is 0 Å². The van der Waals surface area contributed by atoms with Crippen LogP contribution in [0.2, 0.25) is 0 Å². The van der Waals surface area contributed by atoms with E-state index in [-0.39, 0.29) is 41.9 Å². The molecule has 8 bridgehead atoms. The van der Waals surface area contributed by atoms with Gasteiger partial charge in [0.25, 0.3) is 0 Å². The van der Waals surface area contributed by atoms with Gasteiger partial charge in [0, 0.05) is 27.6 Å². The topological polar surface area (TPSA) is 57.4 Å². The number of nitrogens with one attached hydrogen (secondary N) is 2. The maximum absolute atomic E-state index is 5.15. The van der Waals surface area contributed by atoms with E-state index in [9.17, 15) is 0 Å². The summed E-state index contributed by atoms with van der Waals surface area (Å²) in [7, 11) is 0. The minimum absolute atomic E-state index is 0. The first-order valence-electron chi connectivity index (χ1n) is 14.2. The van der Waals surface area contributed by atoms with E-state index in [1.807, 2.05) is 6.08 Å². The fraction of sp³-hybridized carbons (Fsp3) is 0. The number of benzene rings is 4. The molecule has 4 nitrogen and oxygen atoms in total. The van der Waals surface area contributed by atoms with Gasteiger partial charge in [0.1, 0.15) is 0 Å². The summed E-state index contributed by atoms with van der Waals surface area (Å²) in [6, 6.07) is 38.9. The fourth-order valence-corrected chi connectivity index (χ4v) is 6.30. The Morgan fingerprint density at radius 2 is 1.07 bits per heavy atom. The molecule has 2 aliphatic rings. The van der Waals surface area contributed by atoms with Gasteiger partial charge in [0.2, 0.25) is 0 Å². The maximum atomic E-state index is 5.15. The van der Waals surface area contributed by atoms with Crippen molar-refractivity contribution in [3.63, 3.8) is 0 Å². The van der Waals surface area contributed by atoms with Crippen molar-refractivity contribution in [1.29, 1.82) is 0 Å². The van der Waals surface area contributed by atoms with Crippen LogP contribution in [0.15, 0.2) is 109 Å². The molecule has 0 amide bonds. The van der Waals surface area contributed by atoms with Gasteiger partial charge in [-0.2, -0.15) is 0 Å². The van der Waals surface area contributed by atoms with Crippen LogP contribution in [-0.2, 0) is 17.1 Å². The van der Waals surface area contributed by atoms with Gasteiger partial charge in [0.05, 0.1) is 22.8 Å². The largest absolute Gasteiger partial charge is 2.00 e. The van der Waals surface area contributed by atoms with Crippen molar-refractivity contribution in [2.45, 2.75) is 0 Å². The van der Waals surface area contributed by atoms with E-state index in [0.29, 0.717) is 0 Å². The molecule has 3 aromatic heterocycles. The van der Waals surface area contributed by atoms with Gasteiger partial charge in [-0.05, 0) is 117 Å². The van der Waals surface area contributed by atoms with Crippen LogP contribution in [0.1, 0.15) is 22.8 Å². The number of H-pyrrole nitrogens is 2. The van der Waals surface area contributed by atoms with Crippen molar-refractivity contribution in [2.24, 2.45) is 0 Å². The van der Waals surface area contributed by atoms with E-state index in [1.165, 1.54) is 32.3 Å². The van der Waals surface area contributed by atoms with Crippen molar-refractivity contribution in [2.75, 3.05) is 0 Å². The van der Waals surface area contributed by atoms with Crippen LogP contribution in [0.3, 0.4) is 0 Å². The first-order valence-corrected chi connectivity index (χ1v) is 14.2. The van der Waals surface area contributed by atoms with Gasteiger partial charge in [-0.3, -0.25) is 0 Å². The molecule has 4 aromatic carbocycles. The third kappa shape index (κ3) is 5.35. The van der Waals surface area contributed by atoms with Gasteiger partial charge in [-0.1, -0.05) is 54.6 Å². The third-order valence-electron chi connectivity index (χ3n) is 8.22. The van der Waals surface area contributed by atoms with Gasteiger partial charge < -0.3 is 34.8 Å². The van der Waals surface area contributed by atoms with Crippen LogP contribution in [-0.4, -0.2) is 19.9 Å². The molecule has 5 heterocycles. The number of hydrogen-bond acceptors (Lipinski definition) is 2. The molecule has 2 aliphatic heterocycles. The van der Waals surface area contributed by atoms with Crippen molar-refractivity contribution in [3.8, 4) is 11.1 Å². The number of hydrogen-bond donors (Lipinski definition) is 2. The molecule has 0 aliphatic carbocycles. The second kappa shape index (κ2) is 12.0. The summed E-state index contributed by atoms with van der Waals surface area (Å²) in [6.07, 6.45) is 8.32. The number of rotatable bonds is 1. The second-order valence-corrected chi connectivity index (χ2v) is 10.9. The van der Waals surface area contributed by atoms with E-state index < -0.39 is 0 Å². The van der Waals surface area contributed by atoms with Gasteiger partial charge >= 0.3 is 17.1 Å². The predicted octanol–water partition coefficient (Wildman–Crippen LogP) is 3.79. The molecule has 1 radical (unpaired) electrons. The molecule has 0 atom stereocenters. The van der Waals surface area contributed by atoms with E-state index >= 15 is 0 Å². The minimum Gasteiger partial charge on any atom is -1.00 e. The Hall–Kier alpha value is -4.64. The molecule has 9 rings (SSSR count). The van der Waals surface area contributed by atoms with Crippen LogP contribution >= 0.6 is 0 Å². The average Bonchev–Trinajstić information content (AvgIpc) is 3.83. The zero-order valence-corrected chi connectivity index (χ0v) is 26.4. The third-order valence-corrected chi connectivity index (χ3v) is 8.22. The molecule has 0 saturated heterocycles. The van der Waals surface area contributed by atoms with E-state index in [1.54, 1.807) is 0 Å². The predicted molar refractivity (Wildman–Crippen MR) is 177 cm³/mol. The summed E-state index contributed by atoms with van der Waals surface area (Å²) >= 11 is 0. The number of halogens is 2. The van der Waals surface area contributed by atoms with Crippen LogP contribution in [0.4, 0.5) is 0 Å². The number of nitrogens with zero attached hydrogens (tertiary/aromatic N) is 2. The number of aromatic amines is 2. The SMILES string of the molecule is C1=Cc2cc3ccc([nH]3)c(-c3cccc4ccc5cc6ccccc6cc5c34)c3nc(cc4ccc(cc1n2)[nH]4)C=C3.[Cl-].[Cl-].[Mn+2]. The molecule has 2 N–H and O–H groups in total. The molecule has 45 heavy (non-hydrogen) atoms. The summed E-state index contributed by atoms with van der Waals surface area (Å²) in [5.41, 5.74) is 9.92. The molecule has 0 unspecified atom stereocenters. The van der Waals surface area contributed by atoms with E-state index in [4.69, 9.17) is 9.97 Å². The fourth-order valence-electron chi connectivity index (χ4n) is 6.30. The van der Waals surface area contributed by atoms with Crippen molar-refractivity contribution < 1.29 is 41.9 Å². The van der Waals surface area contributed by atoms with Crippen molar-refractivity contribution in [1.82, 2.24) is 19.9 Å². The van der Waals surface area contributed by atoms with Crippen LogP contribution < -0.4 is 24.8 Å². The molecule has 7 heteroatoms. The zero-order chi connectivity index (χ0) is 27.6. The maximum Gasteiger partial charge on any atom is 2.00 e. The van der Waals surface area contributed by atoms with Gasteiger partial charge in [0.15, 0.2) is 0 Å². The number of fused-ring (bicyclic) bond motifs is 12. The Bertz CT molecular complexity index is 2490. The van der Waals surface area contributed by atoms with Gasteiger partial charge in [-0.15, -0.1) is 0 Å². The monoisotopic (exact) mass is 661 g/mol. The zero-order valence-electron chi connectivity index (χ0n) is 23.7. The molecule has 0 fully saturated rings. The normalized spacial score (nSPS) is 11.7. The van der Waals surface area contributed by atoms with Gasteiger partial charge in [-0.25, -0.2) is 9.97 Å².